The minimum atomic E-state index is -0.0112. The summed E-state index contributed by atoms with van der Waals surface area (Å²) in [4.78, 5) is 30.9. The highest BCUT2D eigenvalue weighted by Crippen LogP contribution is 2.34. The summed E-state index contributed by atoms with van der Waals surface area (Å²) in [6, 6.07) is 0. The van der Waals surface area contributed by atoms with Crippen molar-refractivity contribution in [3.8, 4) is 0 Å². The maximum atomic E-state index is 12.6. The van der Waals surface area contributed by atoms with Crippen LogP contribution in [0.2, 0.25) is 0 Å². The molecule has 2 aliphatic heterocycles. The molecule has 7 nitrogen and oxygen atoms in total. The number of ether oxygens (including phenoxy) is 1. The van der Waals surface area contributed by atoms with E-state index in [0.717, 1.165) is 32.4 Å². The van der Waals surface area contributed by atoms with Gasteiger partial charge in [0.1, 0.15) is 0 Å². The molecule has 0 radical (unpaired) electrons. The lowest BCUT2D eigenvalue weighted by Crippen LogP contribution is -2.40. The second kappa shape index (κ2) is 9.14. The molecule has 5 rings (SSSR count). The Morgan fingerprint density at radius 3 is 2.38 bits per heavy atom. The minimum absolute atomic E-state index is 0.0112. The van der Waals surface area contributed by atoms with Crippen molar-refractivity contribution < 1.29 is 9.53 Å². The van der Waals surface area contributed by atoms with E-state index in [0.29, 0.717) is 43.7 Å². The smallest absolute Gasteiger partial charge is 0.257 e. The van der Waals surface area contributed by atoms with Gasteiger partial charge in [-0.05, 0) is 69.1 Å². The van der Waals surface area contributed by atoms with Gasteiger partial charge < -0.3 is 14.5 Å². The van der Waals surface area contributed by atoms with E-state index in [1.807, 2.05) is 4.90 Å². The predicted molar refractivity (Wildman–Crippen MR) is 123 cm³/mol. The number of carbonyl (C=O) groups excluding carboxylic acids is 1. The summed E-state index contributed by atoms with van der Waals surface area (Å²) >= 11 is 0. The van der Waals surface area contributed by atoms with Gasteiger partial charge in [-0.15, -0.1) is 0 Å². The maximum absolute atomic E-state index is 12.6. The fourth-order valence-corrected chi connectivity index (χ4v) is 5.36. The number of hydrogen-bond acceptors (Lipinski definition) is 6. The Morgan fingerprint density at radius 2 is 1.66 bits per heavy atom. The number of nitrogens with zero attached hydrogens (tertiary/aromatic N) is 5. The van der Waals surface area contributed by atoms with Gasteiger partial charge in [-0.1, -0.05) is 0 Å². The topological polar surface area (TPSA) is 71.5 Å². The van der Waals surface area contributed by atoms with Crippen LogP contribution in [0.4, 0.5) is 5.95 Å². The van der Waals surface area contributed by atoms with Crippen molar-refractivity contribution in [2.75, 3.05) is 44.3 Å². The highest BCUT2D eigenvalue weighted by atomic mass is 16.5. The SMILES string of the molecule is Cc1c(C2CCN(c3ncc(C(=O)N4CCOCC4)cn3)CC2)nc2c(c1C)CCCC2. The molecule has 2 aromatic heterocycles. The second-order valence-corrected chi connectivity index (χ2v) is 9.32. The van der Waals surface area contributed by atoms with Gasteiger partial charge in [-0.2, -0.15) is 0 Å². The van der Waals surface area contributed by atoms with Gasteiger partial charge in [0, 0.05) is 55.9 Å². The molecule has 0 aromatic carbocycles. The van der Waals surface area contributed by atoms with E-state index in [4.69, 9.17) is 9.72 Å². The van der Waals surface area contributed by atoms with Crippen molar-refractivity contribution in [1.29, 1.82) is 0 Å². The molecule has 0 bridgehead atoms. The van der Waals surface area contributed by atoms with E-state index in [1.54, 1.807) is 12.4 Å². The lowest BCUT2D eigenvalue weighted by Gasteiger charge is -2.33. The van der Waals surface area contributed by atoms with Gasteiger partial charge in [0.15, 0.2) is 0 Å². The van der Waals surface area contributed by atoms with Crippen molar-refractivity contribution in [3.63, 3.8) is 0 Å². The average Bonchev–Trinajstić information content (AvgIpc) is 2.86. The molecule has 0 unspecified atom stereocenters. The molecule has 2 saturated heterocycles. The maximum Gasteiger partial charge on any atom is 0.257 e. The second-order valence-electron chi connectivity index (χ2n) is 9.32. The van der Waals surface area contributed by atoms with Crippen LogP contribution in [0.1, 0.15) is 70.0 Å². The number of piperidine rings is 1. The molecular formula is C25H33N5O2. The summed E-state index contributed by atoms with van der Waals surface area (Å²) in [5, 5.41) is 0. The Kier molecular flexibility index (Phi) is 6.09. The Labute approximate surface area is 190 Å². The molecule has 2 aromatic rings. The lowest BCUT2D eigenvalue weighted by atomic mass is 9.85. The van der Waals surface area contributed by atoms with Crippen LogP contribution in [0.25, 0.3) is 0 Å². The standard InChI is InChI=1S/C25H33N5O2/c1-17-18(2)23(28-22-6-4-3-5-21(17)22)19-7-9-30(10-8-19)25-26-15-20(16-27-25)24(31)29-11-13-32-14-12-29/h15-16,19H,3-14H2,1-2H3. The molecule has 1 aliphatic carbocycles. The van der Waals surface area contributed by atoms with Gasteiger partial charge >= 0.3 is 0 Å². The summed E-state index contributed by atoms with van der Waals surface area (Å²) < 4.78 is 5.33. The van der Waals surface area contributed by atoms with Crippen molar-refractivity contribution in [1.82, 2.24) is 19.9 Å². The summed E-state index contributed by atoms with van der Waals surface area (Å²) in [6.45, 7) is 8.82. The number of anilines is 1. The molecule has 0 spiro atoms. The van der Waals surface area contributed by atoms with E-state index in [9.17, 15) is 4.79 Å². The third-order valence-corrected chi connectivity index (χ3v) is 7.44. The van der Waals surface area contributed by atoms with E-state index >= 15 is 0 Å². The van der Waals surface area contributed by atoms with Crippen LogP contribution in [-0.4, -0.2) is 65.2 Å². The van der Waals surface area contributed by atoms with Crippen molar-refractivity contribution >= 4 is 11.9 Å². The van der Waals surface area contributed by atoms with Crippen LogP contribution in [0.3, 0.4) is 0 Å². The number of pyridine rings is 1. The zero-order valence-corrected chi connectivity index (χ0v) is 19.3. The fraction of sp³-hybridized carbons (Fsp3) is 0.600. The number of hydrogen-bond donors (Lipinski definition) is 0. The first-order valence-corrected chi connectivity index (χ1v) is 12.0. The van der Waals surface area contributed by atoms with Crippen LogP contribution in [0.5, 0.6) is 0 Å². The molecule has 4 heterocycles. The van der Waals surface area contributed by atoms with Gasteiger partial charge in [-0.25, -0.2) is 9.97 Å². The number of aromatic nitrogens is 3. The normalized spacial score (nSPS) is 19.7. The first-order chi connectivity index (χ1) is 15.6. The third kappa shape index (κ3) is 4.10. The summed E-state index contributed by atoms with van der Waals surface area (Å²) in [5.41, 5.74) is 7.59. The van der Waals surface area contributed by atoms with E-state index < -0.39 is 0 Å². The van der Waals surface area contributed by atoms with Crippen LogP contribution in [0.15, 0.2) is 12.4 Å². The largest absolute Gasteiger partial charge is 0.378 e. The van der Waals surface area contributed by atoms with Crippen molar-refractivity contribution in [2.24, 2.45) is 0 Å². The third-order valence-electron chi connectivity index (χ3n) is 7.44. The van der Waals surface area contributed by atoms with Crippen LogP contribution >= 0.6 is 0 Å². The Bertz CT molecular complexity index is 977. The fourth-order valence-electron chi connectivity index (χ4n) is 5.36. The molecule has 0 N–H and O–H groups in total. The van der Waals surface area contributed by atoms with Gasteiger partial charge in [0.25, 0.3) is 5.91 Å². The highest BCUT2D eigenvalue weighted by Gasteiger charge is 2.27. The van der Waals surface area contributed by atoms with Crippen LogP contribution in [0, 0.1) is 13.8 Å². The molecule has 2 fully saturated rings. The van der Waals surface area contributed by atoms with Gasteiger partial charge in [0.2, 0.25) is 5.95 Å². The Morgan fingerprint density at radius 1 is 0.969 bits per heavy atom. The quantitative estimate of drug-likeness (QED) is 0.737. The number of rotatable bonds is 3. The first kappa shape index (κ1) is 21.3. The Balaban J connectivity index is 1.24. The molecule has 3 aliphatic rings. The monoisotopic (exact) mass is 435 g/mol. The van der Waals surface area contributed by atoms with E-state index in [-0.39, 0.29) is 5.91 Å². The minimum Gasteiger partial charge on any atom is -0.378 e. The molecule has 0 atom stereocenters. The van der Waals surface area contributed by atoms with E-state index in [2.05, 4.69) is 28.7 Å². The van der Waals surface area contributed by atoms with Crippen LogP contribution in [-0.2, 0) is 17.6 Å². The summed E-state index contributed by atoms with van der Waals surface area (Å²) in [6.07, 6.45) is 10.3. The molecule has 0 saturated carbocycles. The zero-order valence-electron chi connectivity index (χ0n) is 19.3. The van der Waals surface area contributed by atoms with Crippen molar-refractivity contribution in [2.45, 2.75) is 58.3 Å². The first-order valence-electron chi connectivity index (χ1n) is 12.0. The summed E-state index contributed by atoms with van der Waals surface area (Å²) in [7, 11) is 0. The van der Waals surface area contributed by atoms with Crippen LogP contribution < -0.4 is 4.90 Å². The lowest BCUT2D eigenvalue weighted by molar-refractivity contribution is 0.0302. The number of carbonyl (C=O) groups is 1. The molecule has 170 valence electrons. The van der Waals surface area contributed by atoms with Crippen molar-refractivity contribution in [3.05, 3.63) is 46.0 Å². The molecule has 32 heavy (non-hydrogen) atoms. The van der Waals surface area contributed by atoms with Gasteiger partial charge in [0.05, 0.1) is 18.8 Å². The van der Waals surface area contributed by atoms with E-state index in [1.165, 1.54) is 47.3 Å². The number of aryl methyl sites for hydroxylation is 1. The molecule has 1 amide bonds. The number of fused-ring (bicyclic) bond motifs is 1. The highest BCUT2D eigenvalue weighted by molar-refractivity contribution is 5.93. The zero-order chi connectivity index (χ0) is 22.1. The number of amides is 1. The summed E-state index contributed by atoms with van der Waals surface area (Å²) in [5.74, 6) is 1.20. The van der Waals surface area contributed by atoms with Gasteiger partial charge in [-0.3, -0.25) is 9.78 Å². The molecule has 7 heteroatoms. The Hall–Kier alpha value is -2.54. The number of morpholine rings is 1. The predicted octanol–water partition coefficient (Wildman–Crippen LogP) is 3.22. The molecular weight excluding hydrogens is 402 g/mol. The average molecular weight is 436 g/mol.